The van der Waals surface area contributed by atoms with E-state index in [-0.39, 0.29) is 29.1 Å². The molecule has 41 heavy (non-hydrogen) atoms. The summed E-state index contributed by atoms with van der Waals surface area (Å²) in [5, 5.41) is 16.5. The Kier molecular flexibility index (Phi) is 9.21. The van der Waals surface area contributed by atoms with E-state index in [0.29, 0.717) is 17.9 Å². The molecular weight excluding hydrogens is 520 g/mol. The molecule has 0 aliphatic heterocycles. The highest BCUT2D eigenvalue weighted by Gasteiger charge is 2.38. The number of carbonyl (C=O) groups excluding carboxylic acids is 2. The van der Waals surface area contributed by atoms with Gasteiger partial charge in [0.15, 0.2) is 0 Å². The summed E-state index contributed by atoms with van der Waals surface area (Å²) in [4.78, 5) is 38.3. The topological polar surface area (TPSA) is 118 Å². The predicted molar refractivity (Wildman–Crippen MR) is 158 cm³/mol. The first kappa shape index (κ1) is 29.9. The molecule has 218 valence electrons. The molecule has 2 unspecified atom stereocenters. The molecule has 3 N–H and O–H groups in total. The van der Waals surface area contributed by atoms with Crippen LogP contribution in [0.4, 0.5) is 10.5 Å². The van der Waals surface area contributed by atoms with Crippen LogP contribution >= 0.6 is 0 Å². The zero-order chi connectivity index (χ0) is 29.7. The Bertz CT molecular complexity index is 1420. The number of rotatable bonds is 10. The van der Waals surface area contributed by atoms with E-state index in [1.807, 2.05) is 43.3 Å². The Morgan fingerprint density at radius 3 is 2.39 bits per heavy atom. The number of alkyl carbamates (subject to hydrolysis) is 1. The maximum atomic E-state index is 13.4. The standard InChI is InChI=1S/C33H40N2O6/c1-6-22(17-21-11-8-7-9-12-21)27-19-26(36)29(31(38)40-27)28(23-15-16-23)24-13-10-14-25(18-24)35-30(37)20(2)34-32(39)41-33(3,4)5/h7-14,18-20,22-23,28,36H,6,15-17H2,1-5H3,(H,34,39)(H,35,37)/t20-,22?,28?/m1/s1. The number of ether oxygens (including phenoxy) is 1. The molecule has 8 nitrogen and oxygen atoms in total. The highest BCUT2D eigenvalue weighted by Crippen LogP contribution is 2.48. The first-order chi connectivity index (χ1) is 19.4. The summed E-state index contributed by atoms with van der Waals surface area (Å²) >= 11 is 0. The third-order valence-corrected chi connectivity index (χ3v) is 7.25. The molecule has 1 aromatic heterocycles. The maximum absolute atomic E-state index is 13.4. The summed E-state index contributed by atoms with van der Waals surface area (Å²) in [5.74, 6) is -0.233. The molecule has 0 saturated heterocycles. The van der Waals surface area contributed by atoms with E-state index < -0.39 is 29.3 Å². The largest absolute Gasteiger partial charge is 0.507 e. The molecule has 1 saturated carbocycles. The summed E-state index contributed by atoms with van der Waals surface area (Å²) in [6, 6.07) is 18.0. The van der Waals surface area contributed by atoms with Gasteiger partial charge in [-0.2, -0.15) is 0 Å². The van der Waals surface area contributed by atoms with Crippen molar-refractivity contribution in [1.82, 2.24) is 5.32 Å². The summed E-state index contributed by atoms with van der Waals surface area (Å²) in [7, 11) is 0. The molecule has 3 atom stereocenters. The van der Waals surface area contributed by atoms with Crippen molar-refractivity contribution >= 4 is 17.7 Å². The van der Waals surface area contributed by atoms with E-state index in [0.717, 1.165) is 30.4 Å². The highest BCUT2D eigenvalue weighted by atomic mass is 16.6. The molecule has 0 radical (unpaired) electrons. The van der Waals surface area contributed by atoms with Crippen molar-refractivity contribution in [2.45, 2.75) is 83.8 Å². The van der Waals surface area contributed by atoms with Gasteiger partial charge >= 0.3 is 11.7 Å². The number of amides is 2. The van der Waals surface area contributed by atoms with Crippen LogP contribution < -0.4 is 16.3 Å². The summed E-state index contributed by atoms with van der Waals surface area (Å²) in [5.41, 5.74) is 1.48. The van der Waals surface area contributed by atoms with Gasteiger partial charge in [0.1, 0.15) is 23.2 Å². The molecule has 3 aromatic rings. The normalized spacial score (nSPS) is 15.4. The molecule has 8 heteroatoms. The lowest BCUT2D eigenvalue weighted by Crippen LogP contribution is -2.43. The zero-order valence-corrected chi connectivity index (χ0v) is 24.4. The van der Waals surface area contributed by atoms with Crippen molar-refractivity contribution in [3.63, 3.8) is 0 Å². The quantitative estimate of drug-likeness (QED) is 0.261. The number of benzene rings is 2. The predicted octanol–water partition coefficient (Wildman–Crippen LogP) is 6.48. The van der Waals surface area contributed by atoms with Crippen LogP contribution in [0.1, 0.15) is 88.2 Å². The van der Waals surface area contributed by atoms with E-state index in [9.17, 15) is 19.5 Å². The minimum atomic E-state index is -0.834. The minimum Gasteiger partial charge on any atom is -0.507 e. The fourth-order valence-corrected chi connectivity index (χ4v) is 5.06. The maximum Gasteiger partial charge on any atom is 0.408 e. The van der Waals surface area contributed by atoms with Crippen LogP contribution in [0.15, 0.2) is 69.9 Å². The van der Waals surface area contributed by atoms with Gasteiger partial charge in [-0.3, -0.25) is 4.79 Å². The van der Waals surface area contributed by atoms with E-state index >= 15 is 0 Å². The Labute approximate surface area is 241 Å². The van der Waals surface area contributed by atoms with Crippen LogP contribution in [-0.4, -0.2) is 28.7 Å². The van der Waals surface area contributed by atoms with Gasteiger partial charge in [0.05, 0.1) is 5.56 Å². The van der Waals surface area contributed by atoms with Crippen LogP contribution in [0.5, 0.6) is 5.75 Å². The summed E-state index contributed by atoms with van der Waals surface area (Å²) in [6.07, 6.45) is 2.62. The number of anilines is 1. The van der Waals surface area contributed by atoms with Crippen molar-refractivity contribution in [1.29, 1.82) is 0 Å². The number of hydrogen-bond acceptors (Lipinski definition) is 6. The molecular formula is C33H40N2O6. The average molecular weight is 561 g/mol. The van der Waals surface area contributed by atoms with Gasteiger partial charge in [0.25, 0.3) is 0 Å². The van der Waals surface area contributed by atoms with Crippen molar-refractivity contribution in [2.24, 2.45) is 5.92 Å². The Balaban J connectivity index is 1.54. The number of carbonyl (C=O) groups is 2. The molecule has 1 fully saturated rings. The second-order valence-corrected chi connectivity index (χ2v) is 11.8. The Hall–Kier alpha value is -4.07. The Morgan fingerprint density at radius 2 is 1.78 bits per heavy atom. The molecule has 2 aromatic carbocycles. The molecule has 4 rings (SSSR count). The summed E-state index contributed by atoms with van der Waals surface area (Å²) < 4.78 is 11.1. The lowest BCUT2D eigenvalue weighted by molar-refractivity contribution is -0.117. The fourth-order valence-electron chi connectivity index (χ4n) is 5.06. The first-order valence-electron chi connectivity index (χ1n) is 14.3. The Morgan fingerprint density at radius 1 is 1.07 bits per heavy atom. The van der Waals surface area contributed by atoms with Crippen LogP contribution in [0.3, 0.4) is 0 Å². The summed E-state index contributed by atoms with van der Waals surface area (Å²) in [6.45, 7) is 8.85. The van der Waals surface area contributed by atoms with E-state index in [2.05, 4.69) is 10.6 Å². The number of nitrogens with one attached hydrogen (secondary N) is 2. The van der Waals surface area contributed by atoms with Gasteiger partial charge in [-0.1, -0.05) is 49.4 Å². The third kappa shape index (κ3) is 7.99. The van der Waals surface area contributed by atoms with Gasteiger partial charge in [-0.15, -0.1) is 0 Å². The lowest BCUT2D eigenvalue weighted by Gasteiger charge is -2.22. The van der Waals surface area contributed by atoms with Gasteiger partial charge in [-0.05, 0) is 82.6 Å². The van der Waals surface area contributed by atoms with Crippen molar-refractivity contribution in [2.75, 3.05) is 5.32 Å². The van der Waals surface area contributed by atoms with Crippen molar-refractivity contribution in [3.05, 3.63) is 93.5 Å². The molecule has 1 heterocycles. The minimum absolute atomic E-state index is 0.0424. The van der Waals surface area contributed by atoms with Gasteiger partial charge in [-0.25, -0.2) is 9.59 Å². The van der Waals surface area contributed by atoms with Crippen molar-refractivity contribution < 1.29 is 23.8 Å². The second-order valence-electron chi connectivity index (χ2n) is 11.8. The number of aromatic hydroxyl groups is 1. The zero-order valence-electron chi connectivity index (χ0n) is 24.4. The molecule has 2 amide bonds. The first-order valence-corrected chi connectivity index (χ1v) is 14.3. The SMILES string of the molecule is CCC(Cc1ccccc1)c1cc(O)c(C(c2cccc(NC(=O)[C@@H](C)NC(=O)OC(C)(C)C)c2)C2CC2)c(=O)o1. The van der Waals surface area contributed by atoms with E-state index in [4.69, 9.17) is 9.15 Å². The molecule has 0 bridgehead atoms. The highest BCUT2D eigenvalue weighted by molar-refractivity contribution is 5.96. The van der Waals surface area contributed by atoms with Crippen molar-refractivity contribution in [3.8, 4) is 5.75 Å². The van der Waals surface area contributed by atoms with E-state index in [1.165, 1.54) is 0 Å². The van der Waals surface area contributed by atoms with Gasteiger partial charge in [0.2, 0.25) is 5.91 Å². The van der Waals surface area contributed by atoms with Crippen LogP contribution in [0, 0.1) is 5.92 Å². The average Bonchev–Trinajstić information content (AvgIpc) is 3.74. The van der Waals surface area contributed by atoms with Gasteiger partial charge in [0, 0.05) is 23.6 Å². The van der Waals surface area contributed by atoms with Crippen LogP contribution in [0.25, 0.3) is 0 Å². The number of hydrogen-bond donors (Lipinski definition) is 3. The second kappa shape index (κ2) is 12.6. The molecule has 1 aliphatic carbocycles. The lowest BCUT2D eigenvalue weighted by atomic mass is 9.86. The van der Waals surface area contributed by atoms with Crippen LogP contribution in [0.2, 0.25) is 0 Å². The molecule has 1 aliphatic rings. The monoisotopic (exact) mass is 560 g/mol. The van der Waals surface area contributed by atoms with Gasteiger partial charge < -0.3 is 24.9 Å². The van der Waals surface area contributed by atoms with Crippen LogP contribution in [-0.2, 0) is 16.0 Å². The third-order valence-electron chi connectivity index (χ3n) is 7.25. The molecule has 0 spiro atoms. The van der Waals surface area contributed by atoms with E-state index in [1.54, 1.807) is 52.0 Å². The fraction of sp³-hybridized carbons (Fsp3) is 0.424. The smallest absolute Gasteiger partial charge is 0.408 e.